The summed E-state index contributed by atoms with van der Waals surface area (Å²) in [6.07, 6.45) is 8.01. The van der Waals surface area contributed by atoms with Crippen LogP contribution in [0.2, 0.25) is 0 Å². The van der Waals surface area contributed by atoms with Crippen LogP contribution in [0.5, 0.6) is 0 Å². The van der Waals surface area contributed by atoms with E-state index in [0.29, 0.717) is 41.4 Å². The molecule has 4 aliphatic rings. The van der Waals surface area contributed by atoms with Gasteiger partial charge in [0.05, 0.1) is 0 Å². The molecule has 3 fully saturated rings. The van der Waals surface area contributed by atoms with Crippen LogP contribution in [0.4, 0.5) is 4.39 Å². The van der Waals surface area contributed by atoms with Crippen LogP contribution < -0.4 is 0 Å². The molecule has 0 aromatic carbocycles. The smallest absolute Gasteiger partial charge is 0.216 e. The molecule has 0 aromatic heterocycles. The van der Waals surface area contributed by atoms with E-state index < -0.39 is 8.03 Å². The Morgan fingerprint density at radius 2 is 1.81 bits per heavy atom. The van der Waals surface area contributed by atoms with Gasteiger partial charge in [-0.25, -0.2) is 4.39 Å². The van der Waals surface area contributed by atoms with Gasteiger partial charge in [-0.1, -0.05) is 20.8 Å². The zero-order valence-electron chi connectivity index (χ0n) is 17.0. The van der Waals surface area contributed by atoms with Crippen molar-refractivity contribution in [2.75, 3.05) is 6.61 Å². The van der Waals surface area contributed by atoms with Gasteiger partial charge in [0, 0.05) is 17.8 Å². The van der Waals surface area contributed by atoms with E-state index in [1.807, 2.05) is 0 Å². The van der Waals surface area contributed by atoms with E-state index in [4.69, 9.17) is 0 Å². The van der Waals surface area contributed by atoms with Gasteiger partial charge in [0.1, 0.15) is 5.83 Å². The predicted molar refractivity (Wildman–Crippen MR) is 106 cm³/mol. The van der Waals surface area contributed by atoms with E-state index in [-0.39, 0.29) is 29.1 Å². The zero-order valence-corrected chi connectivity index (χ0v) is 18.0. The van der Waals surface area contributed by atoms with Gasteiger partial charge in [0.15, 0.2) is 0 Å². The van der Waals surface area contributed by atoms with E-state index in [0.717, 1.165) is 25.7 Å². The summed E-state index contributed by atoms with van der Waals surface area (Å²) in [4.78, 5) is 9.54. The number of rotatable bonds is 3. The van der Waals surface area contributed by atoms with Gasteiger partial charge in [0.2, 0.25) is 8.03 Å². The van der Waals surface area contributed by atoms with Crippen molar-refractivity contribution in [1.29, 1.82) is 0 Å². The largest absolute Gasteiger partial charge is 0.396 e. The number of fused-ring (bicyclic) bond motifs is 5. The number of hydrogen-bond acceptors (Lipinski definition) is 2. The predicted octanol–water partition coefficient (Wildman–Crippen LogP) is 5.53. The van der Waals surface area contributed by atoms with Crippen LogP contribution in [0.15, 0.2) is 11.1 Å². The van der Waals surface area contributed by atoms with Crippen LogP contribution in [0.3, 0.4) is 0 Å². The maximum atomic E-state index is 15.1. The highest BCUT2D eigenvalue weighted by atomic mass is 31.1. The molecule has 0 radical (unpaired) electrons. The van der Waals surface area contributed by atoms with E-state index in [1.165, 1.54) is 19.3 Å². The quantitative estimate of drug-likeness (QED) is 0.615. The highest BCUT2D eigenvalue weighted by molar-refractivity contribution is 7.43. The van der Waals surface area contributed by atoms with Crippen molar-refractivity contribution in [1.82, 2.24) is 0 Å². The number of allylic oxidation sites excluding steroid dienone is 2. The number of aliphatic hydroxyl groups is 1. The molecule has 0 bridgehead atoms. The highest BCUT2D eigenvalue weighted by Crippen LogP contribution is 2.69. The molecule has 27 heavy (non-hydrogen) atoms. The summed E-state index contributed by atoms with van der Waals surface area (Å²) in [5.41, 5.74) is 0.257. The van der Waals surface area contributed by atoms with Crippen molar-refractivity contribution >= 4 is 8.03 Å². The lowest BCUT2D eigenvalue weighted by Gasteiger charge is -2.60. The van der Waals surface area contributed by atoms with Gasteiger partial charge in [-0.05, 0) is 91.8 Å². The lowest BCUT2D eigenvalue weighted by Crippen LogP contribution is -2.53. The van der Waals surface area contributed by atoms with Crippen molar-refractivity contribution < 1.29 is 19.0 Å². The molecule has 0 heterocycles. The summed E-state index contributed by atoms with van der Waals surface area (Å²) in [5, 5.41) is 9.96. The molecule has 0 spiro atoms. The van der Waals surface area contributed by atoms with Crippen molar-refractivity contribution in [3.8, 4) is 0 Å². The van der Waals surface area contributed by atoms with Crippen molar-refractivity contribution in [2.24, 2.45) is 46.3 Å². The van der Waals surface area contributed by atoms with Crippen molar-refractivity contribution in [3.05, 3.63) is 11.1 Å². The molecule has 9 atom stereocenters. The molecule has 0 saturated heterocycles. The molecule has 4 aliphatic carbocycles. The van der Waals surface area contributed by atoms with Crippen LogP contribution in [0, 0.1) is 46.3 Å². The van der Waals surface area contributed by atoms with Gasteiger partial charge in [-0.3, -0.25) is 4.57 Å². The summed E-state index contributed by atoms with van der Waals surface area (Å²) in [7, 11) is -2.90. The van der Waals surface area contributed by atoms with Crippen LogP contribution in [0.1, 0.15) is 72.1 Å². The van der Waals surface area contributed by atoms with Gasteiger partial charge < -0.3 is 10.00 Å². The summed E-state index contributed by atoms with van der Waals surface area (Å²) in [6.45, 7) is 7.21. The Labute approximate surface area is 163 Å². The third kappa shape index (κ3) is 2.84. The van der Waals surface area contributed by atoms with Gasteiger partial charge in [-0.2, -0.15) is 0 Å². The highest BCUT2D eigenvalue weighted by Gasteiger charge is 2.61. The van der Waals surface area contributed by atoms with E-state index in [2.05, 4.69) is 20.8 Å². The molecule has 4 rings (SSSR count). The zero-order chi connectivity index (χ0) is 19.6. The fourth-order valence-corrected chi connectivity index (χ4v) is 8.99. The van der Waals surface area contributed by atoms with Crippen molar-refractivity contribution in [3.63, 3.8) is 0 Å². The molecule has 3 nitrogen and oxygen atoms in total. The molecule has 3 saturated carbocycles. The Morgan fingerprint density at radius 1 is 1.11 bits per heavy atom. The Morgan fingerprint density at radius 3 is 2.48 bits per heavy atom. The first-order chi connectivity index (χ1) is 12.7. The summed E-state index contributed by atoms with van der Waals surface area (Å²) < 4.78 is 26.7. The molecular weight excluding hydrogens is 362 g/mol. The molecule has 0 aliphatic heterocycles. The fraction of sp³-hybridized carbons (Fsp3) is 0.909. The molecule has 5 heteroatoms. The van der Waals surface area contributed by atoms with Gasteiger partial charge in [-0.15, -0.1) is 0 Å². The fourth-order valence-electron chi connectivity index (χ4n) is 8.27. The Bertz CT molecular complexity index is 664. The van der Waals surface area contributed by atoms with Crippen LogP contribution in [0.25, 0.3) is 0 Å². The number of aliphatic hydroxyl groups excluding tert-OH is 1. The second-order valence-corrected chi connectivity index (χ2v) is 11.7. The normalized spacial score (nSPS) is 49.2. The first kappa shape index (κ1) is 20.1. The summed E-state index contributed by atoms with van der Waals surface area (Å²) in [6, 6.07) is 0. The molecule has 1 unspecified atom stereocenters. The van der Waals surface area contributed by atoms with Crippen LogP contribution >= 0.6 is 8.03 Å². The SMILES string of the molecule is C[C@H](CO)[C@H]1CC[C@H]2[C@@H]3CC[C@H]4C(F)=C([PH](=O)O)CC[C@]4(C)[C@H]3CC[C@]12C. The average Bonchev–Trinajstić information content (AvgIpc) is 2.98. The maximum Gasteiger partial charge on any atom is 0.216 e. The second-order valence-electron chi connectivity index (χ2n) is 10.5. The second kappa shape index (κ2) is 6.96. The molecule has 0 aromatic rings. The molecular formula is C22H36FO3P. The molecule has 154 valence electrons. The minimum Gasteiger partial charge on any atom is -0.396 e. The number of halogens is 1. The van der Waals surface area contributed by atoms with E-state index >= 15 is 4.39 Å². The molecule has 0 amide bonds. The van der Waals surface area contributed by atoms with E-state index in [1.54, 1.807) is 0 Å². The monoisotopic (exact) mass is 398 g/mol. The Hall–Kier alpha value is -0.180. The standard InChI is InChI=1S/C22H36FO3P/c1-13(12-24)15-6-7-16-14-4-5-18-20(23)19(27(25)26)9-11-22(18,3)17(14)8-10-21(15,16)2/h13-18,24,27H,4-12H2,1-3H3,(H,25,26)/t13-,14+,15-,16+,17+,18+,21-,22-/m1/s1. The van der Waals surface area contributed by atoms with Crippen molar-refractivity contribution in [2.45, 2.75) is 72.1 Å². The Kier molecular flexibility index (Phi) is 5.18. The van der Waals surface area contributed by atoms with Gasteiger partial charge in [0.25, 0.3) is 0 Å². The topological polar surface area (TPSA) is 57.5 Å². The first-order valence-electron chi connectivity index (χ1n) is 11.0. The minimum atomic E-state index is -2.90. The van der Waals surface area contributed by atoms with Crippen LogP contribution in [-0.2, 0) is 4.57 Å². The average molecular weight is 398 g/mol. The lowest BCUT2D eigenvalue weighted by atomic mass is 9.45. The lowest BCUT2D eigenvalue weighted by molar-refractivity contribution is -0.104. The maximum absolute atomic E-state index is 15.1. The Balaban J connectivity index is 1.63. The van der Waals surface area contributed by atoms with E-state index in [9.17, 15) is 14.6 Å². The third-order valence-electron chi connectivity index (χ3n) is 9.68. The van der Waals surface area contributed by atoms with Crippen LogP contribution in [-0.4, -0.2) is 16.6 Å². The minimum absolute atomic E-state index is 0.0597. The summed E-state index contributed by atoms with van der Waals surface area (Å²) >= 11 is 0. The summed E-state index contributed by atoms with van der Waals surface area (Å²) in [5.74, 6) is 2.46. The number of hydrogen-bond donors (Lipinski definition) is 2. The first-order valence-corrected chi connectivity index (χ1v) is 12.3. The van der Waals surface area contributed by atoms with Gasteiger partial charge >= 0.3 is 0 Å². The molecule has 2 N–H and O–H groups in total. The third-order valence-corrected chi connectivity index (χ3v) is 10.7.